The second-order valence-corrected chi connectivity index (χ2v) is 8.13. The average Bonchev–Trinajstić information content (AvgIpc) is 3.65. The van der Waals surface area contributed by atoms with Crippen LogP contribution >= 0.6 is 0 Å². The molecule has 5 nitrogen and oxygen atoms in total. The van der Waals surface area contributed by atoms with Crippen molar-refractivity contribution in [3.8, 4) is 17.0 Å². The molecular formula is C25H24FN3O2. The van der Waals surface area contributed by atoms with Crippen molar-refractivity contribution in [2.75, 3.05) is 20.2 Å². The third kappa shape index (κ3) is 3.90. The molecule has 6 heteroatoms. The lowest BCUT2D eigenvalue weighted by Crippen LogP contribution is -2.33. The maximum absolute atomic E-state index is 14.2. The third-order valence-electron chi connectivity index (χ3n) is 6.06. The number of hydrogen-bond acceptors (Lipinski definition) is 4. The summed E-state index contributed by atoms with van der Waals surface area (Å²) in [4.78, 5) is 24.5. The van der Waals surface area contributed by atoms with Gasteiger partial charge in [0.2, 0.25) is 0 Å². The topological polar surface area (TPSA) is 55.3 Å². The summed E-state index contributed by atoms with van der Waals surface area (Å²) in [6, 6.07) is 14.1. The summed E-state index contributed by atoms with van der Waals surface area (Å²) < 4.78 is 19.5. The van der Waals surface area contributed by atoms with Crippen LogP contribution in [0.5, 0.6) is 5.75 Å². The van der Waals surface area contributed by atoms with Gasteiger partial charge in [-0.15, -0.1) is 0 Å². The minimum absolute atomic E-state index is 0.119. The van der Waals surface area contributed by atoms with Crippen molar-refractivity contribution in [3.63, 3.8) is 0 Å². The Bertz CT molecular complexity index is 1130. The van der Waals surface area contributed by atoms with Gasteiger partial charge in [0.15, 0.2) is 0 Å². The fourth-order valence-electron chi connectivity index (χ4n) is 4.14. The Morgan fingerprint density at radius 1 is 1.03 bits per heavy atom. The van der Waals surface area contributed by atoms with E-state index in [1.807, 2.05) is 24.3 Å². The van der Waals surface area contributed by atoms with Crippen LogP contribution in [0.15, 0.2) is 48.5 Å². The Morgan fingerprint density at radius 2 is 1.77 bits per heavy atom. The summed E-state index contributed by atoms with van der Waals surface area (Å²) in [6.07, 6.45) is 3.53. The summed E-state index contributed by atoms with van der Waals surface area (Å²) in [5, 5.41) is 0. The molecule has 1 aliphatic carbocycles. The summed E-state index contributed by atoms with van der Waals surface area (Å²) in [6.45, 7) is 1.03. The number of benzene rings is 2. The summed E-state index contributed by atoms with van der Waals surface area (Å²) >= 11 is 0. The zero-order valence-electron chi connectivity index (χ0n) is 17.5. The normalized spacial score (nSPS) is 15.9. The van der Waals surface area contributed by atoms with Crippen LogP contribution in [0.3, 0.4) is 0 Å². The maximum atomic E-state index is 14.2. The lowest BCUT2D eigenvalue weighted by molar-refractivity contribution is 0.0758. The van der Waals surface area contributed by atoms with Crippen LogP contribution < -0.4 is 4.74 Å². The van der Waals surface area contributed by atoms with Crippen LogP contribution in [0, 0.1) is 5.82 Å². The highest BCUT2D eigenvalue weighted by atomic mass is 19.1. The van der Waals surface area contributed by atoms with E-state index in [9.17, 15) is 9.18 Å². The average molecular weight is 417 g/mol. The quantitative estimate of drug-likeness (QED) is 0.631. The number of nitrogens with zero attached hydrogens (tertiary/aromatic N) is 3. The van der Waals surface area contributed by atoms with Crippen LogP contribution in [-0.2, 0) is 12.8 Å². The molecule has 0 spiro atoms. The number of fused-ring (bicyclic) bond motifs is 1. The molecule has 0 atom stereocenters. The molecule has 1 saturated carbocycles. The number of ether oxygens (including phenoxy) is 1. The highest BCUT2D eigenvalue weighted by Gasteiger charge is 2.30. The van der Waals surface area contributed by atoms with E-state index in [0.717, 1.165) is 46.9 Å². The Balaban J connectivity index is 1.48. The lowest BCUT2D eigenvalue weighted by atomic mass is 10.0. The smallest absolute Gasteiger partial charge is 0.256 e. The van der Waals surface area contributed by atoms with Gasteiger partial charge in [-0.05, 0) is 55.7 Å². The van der Waals surface area contributed by atoms with Crippen molar-refractivity contribution in [3.05, 3.63) is 77.0 Å². The Labute approximate surface area is 180 Å². The molecule has 1 aromatic heterocycles. The highest BCUT2D eigenvalue weighted by Crippen LogP contribution is 2.40. The van der Waals surface area contributed by atoms with Gasteiger partial charge in [-0.25, -0.2) is 14.4 Å². The van der Waals surface area contributed by atoms with Crippen molar-refractivity contribution in [2.24, 2.45) is 0 Å². The SMILES string of the molecule is COc1ccc(-c2nc(C3CC3)nc3c2CCN(C(=O)c2ccccc2F)CC3)cc1. The monoisotopic (exact) mass is 417 g/mol. The standard InChI is InChI=1S/C25H24FN3O2/c1-31-18-10-8-16(9-11-18)23-20-12-14-29(25(30)19-4-2-3-5-21(19)26)15-13-22(20)27-24(28-23)17-6-7-17/h2-5,8-11,17H,6-7,12-15H2,1H3. The zero-order chi connectivity index (χ0) is 21.4. The van der Waals surface area contributed by atoms with Gasteiger partial charge in [0, 0.05) is 42.2 Å². The summed E-state index contributed by atoms with van der Waals surface area (Å²) in [5.41, 5.74) is 4.17. The molecule has 0 bridgehead atoms. The number of methoxy groups -OCH3 is 1. The van der Waals surface area contributed by atoms with E-state index in [0.29, 0.717) is 31.8 Å². The summed E-state index contributed by atoms with van der Waals surface area (Å²) in [5.74, 6) is 1.38. The minimum atomic E-state index is -0.482. The third-order valence-corrected chi connectivity index (χ3v) is 6.06. The molecule has 3 aromatic rings. The Morgan fingerprint density at radius 3 is 2.48 bits per heavy atom. The van der Waals surface area contributed by atoms with Crippen LogP contribution in [0.25, 0.3) is 11.3 Å². The van der Waals surface area contributed by atoms with Gasteiger partial charge in [0.1, 0.15) is 17.4 Å². The molecule has 0 saturated heterocycles. The minimum Gasteiger partial charge on any atom is -0.497 e. The van der Waals surface area contributed by atoms with Crippen molar-refractivity contribution in [2.45, 2.75) is 31.6 Å². The van der Waals surface area contributed by atoms with Crippen molar-refractivity contribution in [1.82, 2.24) is 14.9 Å². The van der Waals surface area contributed by atoms with Gasteiger partial charge in [0.05, 0.1) is 18.4 Å². The van der Waals surface area contributed by atoms with Gasteiger partial charge in [-0.2, -0.15) is 0 Å². The molecule has 0 unspecified atom stereocenters. The molecule has 1 aliphatic heterocycles. The van der Waals surface area contributed by atoms with E-state index in [-0.39, 0.29) is 11.5 Å². The first-order valence-electron chi connectivity index (χ1n) is 10.7. The van der Waals surface area contributed by atoms with Gasteiger partial charge in [0.25, 0.3) is 5.91 Å². The van der Waals surface area contributed by atoms with E-state index in [1.54, 1.807) is 30.2 Å². The first-order chi connectivity index (χ1) is 15.1. The zero-order valence-corrected chi connectivity index (χ0v) is 17.5. The molecule has 2 aliphatic rings. The molecule has 2 heterocycles. The number of carbonyl (C=O) groups is 1. The fraction of sp³-hybridized carbons (Fsp3) is 0.320. The molecule has 158 valence electrons. The highest BCUT2D eigenvalue weighted by molar-refractivity contribution is 5.94. The number of rotatable bonds is 4. The van der Waals surface area contributed by atoms with Gasteiger partial charge in [-0.3, -0.25) is 4.79 Å². The second kappa shape index (κ2) is 8.10. The predicted molar refractivity (Wildman–Crippen MR) is 116 cm³/mol. The Hall–Kier alpha value is -3.28. The molecule has 5 rings (SSSR count). The van der Waals surface area contributed by atoms with E-state index >= 15 is 0 Å². The largest absolute Gasteiger partial charge is 0.497 e. The molecule has 2 aromatic carbocycles. The number of carbonyl (C=O) groups excluding carboxylic acids is 1. The van der Waals surface area contributed by atoms with E-state index in [4.69, 9.17) is 14.7 Å². The van der Waals surface area contributed by atoms with E-state index in [2.05, 4.69) is 0 Å². The Kier molecular flexibility index (Phi) is 5.14. The van der Waals surface area contributed by atoms with Crippen molar-refractivity contribution >= 4 is 5.91 Å². The molecular weight excluding hydrogens is 393 g/mol. The van der Waals surface area contributed by atoms with Crippen LogP contribution in [-0.4, -0.2) is 41.0 Å². The summed E-state index contributed by atoms with van der Waals surface area (Å²) in [7, 11) is 1.65. The molecule has 0 N–H and O–H groups in total. The molecule has 1 amide bonds. The maximum Gasteiger partial charge on any atom is 0.256 e. The van der Waals surface area contributed by atoms with E-state index < -0.39 is 5.82 Å². The predicted octanol–water partition coefficient (Wildman–Crippen LogP) is 4.41. The number of hydrogen-bond donors (Lipinski definition) is 0. The first-order valence-corrected chi connectivity index (χ1v) is 10.7. The molecule has 1 fully saturated rings. The van der Waals surface area contributed by atoms with Gasteiger partial charge in [-0.1, -0.05) is 12.1 Å². The van der Waals surface area contributed by atoms with Crippen LogP contribution in [0.4, 0.5) is 4.39 Å². The van der Waals surface area contributed by atoms with Crippen molar-refractivity contribution in [1.29, 1.82) is 0 Å². The fourth-order valence-corrected chi connectivity index (χ4v) is 4.14. The van der Waals surface area contributed by atoms with Gasteiger partial charge >= 0.3 is 0 Å². The molecule has 0 radical (unpaired) electrons. The number of amides is 1. The van der Waals surface area contributed by atoms with Crippen LogP contribution in [0.2, 0.25) is 0 Å². The van der Waals surface area contributed by atoms with Crippen molar-refractivity contribution < 1.29 is 13.9 Å². The second-order valence-electron chi connectivity index (χ2n) is 8.13. The lowest BCUT2D eigenvalue weighted by Gasteiger charge is -2.20. The first kappa shape index (κ1) is 19.7. The number of halogens is 1. The molecule has 31 heavy (non-hydrogen) atoms. The van der Waals surface area contributed by atoms with Crippen LogP contribution in [0.1, 0.15) is 46.2 Å². The number of aromatic nitrogens is 2. The van der Waals surface area contributed by atoms with E-state index in [1.165, 1.54) is 6.07 Å². The van der Waals surface area contributed by atoms with Gasteiger partial charge < -0.3 is 9.64 Å².